The van der Waals surface area contributed by atoms with Crippen LogP contribution in [-0.4, -0.2) is 141 Å². The molecule has 5 N–H and O–H groups in total. The van der Waals surface area contributed by atoms with Gasteiger partial charge in [-0.2, -0.15) is 0 Å². The fraction of sp³-hybridized carbons (Fsp3) is 0.927. The lowest BCUT2D eigenvalue weighted by atomic mass is 9.73. The summed E-state index contributed by atoms with van der Waals surface area (Å²) in [6.07, 6.45) is 11.1. The first-order chi connectivity index (χ1) is 23.9. The van der Waals surface area contributed by atoms with E-state index in [2.05, 4.69) is 163 Å². The first-order valence-corrected chi connectivity index (χ1v) is 20.7. The number of hydrogen-bond donors (Lipinski definition) is 4. The van der Waals surface area contributed by atoms with Crippen LogP contribution in [0.3, 0.4) is 0 Å². The zero-order chi connectivity index (χ0) is 39.1. The first-order valence-electron chi connectivity index (χ1n) is 20.7. The van der Waals surface area contributed by atoms with Gasteiger partial charge in [0.2, 0.25) is 0 Å². The topological polar surface area (TPSA) is 93.9 Å². The number of hydrazine groups is 3. The summed E-state index contributed by atoms with van der Waals surface area (Å²) >= 11 is 0. The van der Waals surface area contributed by atoms with E-state index in [-0.39, 0.29) is 33.2 Å². The SMILES string of the molecule is CCCCN(C1CC(C)(C)N(C)C(C)(C)C1)N1NC(N(C2CC(C)(C)N(C)C(C)(C)C2)C2CC(C)(C)N(C)C(C)(C)C2)=CC(=NCCNCCN)N1. The van der Waals surface area contributed by atoms with Gasteiger partial charge in [0.15, 0.2) is 0 Å². The van der Waals surface area contributed by atoms with Gasteiger partial charge in [-0.1, -0.05) is 18.6 Å². The number of aliphatic imine (C=N–C) groups is 1. The molecular weight excluding hydrogens is 647 g/mol. The minimum absolute atomic E-state index is 0.0539. The molecule has 0 radical (unpaired) electrons. The lowest BCUT2D eigenvalue weighted by Crippen LogP contribution is -2.72. The van der Waals surface area contributed by atoms with Gasteiger partial charge in [0.25, 0.3) is 0 Å². The van der Waals surface area contributed by atoms with Crippen molar-refractivity contribution in [2.45, 2.75) is 193 Å². The largest absolute Gasteiger partial charge is 0.351 e. The van der Waals surface area contributed by atoms with Gasteiger partial charge in [0.05, 0.1) is 6.54 Å². The Kier molecular flexibility index (Phi) is 13.3. The molecule has 4 aliphatic rings. The summed E-state index contributed by atoms with van der Waals surface area (Å²) in [5.74, 6) is 2.09. The Morgan fingerprint density at radius 2 is 1.12 bits per heavy atom. The van der Waals surface area contributed by atoms with E-state index in [0.29, 0.717) is 31.2 Å². The fourth-order valence-electron chi connectivity index (χ4n) is 10.3. The molecule has 302 valence electrons. The van der Waals surface area contributed by atoms with Crippen LogP contribution >= 0.6 is 0 Å². The Balaban J connectivity index is 1.84. The molecule has 4 aliphatic heterocycles. The molecule has 0 spiro atoms. The van der Waals surface area contributed by atoms with E-state index in [1.54, 1.807) is 0 Å². The summed E-state index contributed by atoms with van der Waals surface area (Å²) in [7, 11) is 6.96. The molecule has 0 amide bonds. The van der Waals surface area contributed by atoms with Crippen LogP contribution < -0.4 is 21.9 Å². The summed E-state index contributed by atoms with van der Waals surface area (Å²) in [5, 5.41) is 8.31. The van der Waals surface area contributed by atoms with E-state index in [0.717, 1.165) is 76.8 Å². The molecular formula is C41H83N11. The summed E-state index contributed by atoms with van der Waals surface area (Å²) in [6, 6.07) is 1.07. The van der Waals surface area contributed by atoms with Gasteiger partial charge < -0.3 is 16.0 Å². The average Bonchev–Trinajstić information content (AvgIpc) is 3.01. The Bertz CT molecular complexity index is 1150. The summed E-state index contributed by atoms with van der Waals surface area (Å²) in [6.45, 7) is 35.4. The number of likely N-dealkylation sites (tertiary alicyclic amines) is 3. The van der Waals surface area contributed by atoms with Gasteiger partial charge in [-0.25, -0.2) is 5.01 Å². The van der Waals surface area contributed by atoms with Crippen molar-refractivity contribution in [1.29, 1.82) is 0 Å². The maximum absolute atomic E-state index is 5.79. The smallest absolute Gasteiger partial charge is 0.141 e. The van der Waals surface area contributed by atoms with Crippen LogP contribution in [0.5, 0.6) is 0 Å². The van der Waals surface area contributed by atoms with Gasteiger partial charge in [-0.3, -0.25) is 30.5 Å². The molecule has 4 heterocycles. The monoisotopic (exact) mass is 730 g/mol. The second-order valence-corrected chi connectivity index (χ2v) is 20.5. The molecule has 0 aliphatic carbocycles. The Morgan fingerprint density at radius 1 is 0.692 bits per heavy atom. The molecule has 0 unspecified atom stereocenters. The zero-order valence-corrected chi connectivity index (χ0v) is 36.7. The standard InChI is InChI=1S/C41H83N11/c1-17-18-23-50(31-25-36(2,3)47(14)37(4,5)26-31)52-45-34(44-22-21-43-20-19-42)24-35(46-52)51(32-27-38(6,7)48(15)39(8,9)28-32)33-29-40(10,11)49(16)41(12,13)30-33/h24,31-33,43,46H,17-23,25-30,42H2,1-16H3,(H,44,45). The van der Waals surface area contributed by atoms with Crippen LogP contribution in [0.1, 0.15) is 141 Å². The zero-order valence-electron chi connectivity index (χ0n) is 36.7. The number of nitrogens with two attached hydrogens (primary N) is 1. The number of nitrogens with zero attached hydrogens (tertiary/aromatic N) is 7. The number of amidine groups is 1. The molecule has 4 rings (SSSR count). The molecule has 0 saturated carbocycles. The Morgan fingerprint density at radius 3 is 1.52 bits per heavy atom. The molecule has 0 aromatic carbocycles. The Hall–Kier alpha value is -1.47. The normalized spacial score (nSPS) is 28.1. The van der Waals surface area contributed by atoms with Crippen molar-refractivity contribution in [3.8, 4) is 0 Å². The highest BCUT2D eigenvalue weighted by molar-refractivity contribution is 5.93. The van der Waals surface area contributed by atoms with Gasteiger partial charge in [-0.05, 0) is 149 Å². The van der Waals surface area contributed by atoms with Crippen LogP contribution in [0.4, 0.5) is 0 Å². The van der Waals surface area contributed by atoms with Crippen LogP contribution in [-0.2, 0) is 0 Å². The van der Waals surface area contributed by atoms with Gasteiger partial charge in [0, 0.05) is 83.6 Å². The van der Waals surface area contributed by atoms with Crippen LogP contribution in [0.2, 0.25) is 0 Å². The molecule has 0 aromatic heterocycles. The van der Waals surface area contributed by atoms with E-state index >= 15 is 0 Å². The molecule has 0 atom stereocenters. The van der Waals surface area contributed by atoms with Gasteiger partial charge in [0.1, 0.15) is 11.7 Å². The maximum Gasteiger partial charge on any atom is 0.141 e. The minimum Gasteiger partial charge on any atom is -0.351 e. The highest BCUT2D eigenvalue weighted by Gasteiger charge is 2.52. The van der Waals surface area contributed by atoms with Crippen molar-refractivity contribution >= 4 is 5.84 Å². The van der Waals surface area contributed by atoms with Crippen molar-refractivity contribution in [2.75, 3.05) is 53.9 Å². The first kappa shape index (κ1) is 43.3. The molecule has 52 heavy (non-hydrogen) atoms. The van der Waals surface area contributed by atoms with E-state index in [9.17, 15) is 0 Å². The number of nitrogens with one attached hydrogen (secondary N) is 3. The van der Waals surface area contributed by atoms with Crippen LogP contribution in [0.15, 0.2) is 16.9 Å². The maximum atomic E-state index is 5.79. The van der Waals surface area contributed by atoms with E-state index < -0.39 is 0 Å². The third-order valence-corrected chi connectivity index (χ3v) is 13.9. The van der Waals surface area contributed by atoms with E-state index in [1.807, 2.05) is 0 Å². The fourth-order valence-corrected chi connectivity index (χ4v) is 10.3. The van der Waals surface area contributed by atoms with Crippen molar-refractivity contribution < 1.29 is 0 Å². The minimum atomic E-state index is 0.0539. The number of rotatable bonds is 13. The van der Waals surface area contributed by atoms with Crippen molar-refractivity contribution in [2.24, 2.45) is 10.7 Å². The quantitative estimate of drug-likeness (QED) is 0.186. The van der Waals surface area contributed by atoms with Crippen molar-refractivity contribution in [3.63, 3.8) is 0 Å². The molecule has 0 aromatic rings. The van der Waals surface area contributed by atoms with Crippen LogP contribution in [0.25, 0.3) is 0 Å². The predicted octanol–water partition coefficient (Wildman–Crippen LogP) is 5.37. The van der Waals surface area contributed by atoms with Crippen molar-refractivity contribution in [1.82, 2.24) is 46.0 Å². The Labute approximate surface area is 320 Å². The molecule has 11 nitrogen and oxygen atoms in total. The van der Waals surface area contributed by atoms with E-state index in [1.165, 1.54) is 5.82 Å². The lowest BCUT2D eigenvalue weighted by molar-refractivity contribution is -0.165. The van der Waals surface area contributed by atoms with Crippen molar-refractivity contribution in [3.05, 3.63) is 11.9 Å². The van der Waals surface area contributed by atoms with E-state index in [4.69, 9.17) is 10.7 Å². The molecule has 3 fully saturated rings. The van der Waals surface area contributed by atoms with Gasteiger partial charge in [-0.15, -0.1) is 0 Å². The molecule has 3 saturated heterocycles. The second kappa shape index (κ2) is 15.9. The predicted molar refractivity (Wildman–Crippen MR) is 221 cm³/mol. The third-order valence-electron chi connectivity index (χ3n) is 13.9. The summed E-state index contributed by atoms with van der Waals surface area (Å²) in [4.78, 5) is 15.9. The average molecular weight is 730 g/mol. The number of hydrogen-bond acceptors (Lipinski definition) is 10. The highest BCUT2D eigenvalue weighted by atomic mass is 16.0. The second-order valence-electron chi connectivity index (χ2n) is 20.5. The van der Waals surface area contributed by atoms with Crippen LogP contribution in [0, 0.1) is 0 Å². The number of piperidine rings is 3. The lowest BCUT2D eigenvalue weighted by Gasteiger charge is -2.61. The molecule has 0 bridgehead atoms. The third kappa shape index (κ3) is 9.48. The highest BCUT2D eigenvalue weighted by Crippen LogP contribution is 2.46. The summed E-state index contributed by atoms with van der Waals surface area (Å²) < 4.78 is 0. The number of unbranched alkanes of at least 4 members (excludes halogenated alkanes) is 1. The van der Waals surface area contributed by atoms with Gasteiger partial charge >= 0.3 is 0 Å². The molecule has 11 heteroatoms. The summed E-state index contributed by atoms with van der Waals surface area (Å²) in [5.41, 5.74) is 14.0.